The Morgan fingerprint density at radius 2 is 1.92 bits per heavy atom. The predicted molar refractivity (Wildman–Crippen MR) is 86.2 cm³/mol. The standard InChI is InChI=1S/C17H15F4N5/c1-10-7-14(26-15(24-10)22-9-23-26)25(2)16(5-6-16)11-3-4-12(13(18)8-11)17(19,20)21/h3-4,7-9H,5-6H2,1-2H3. The van der Waals surface area contributed by atoms with E-state index in [1.165, 1.54) is 12.4 Å². The molecule has 0 radical (unpaired) electrons. The van der Waals surface area contributed by atoms with Gasteiger partial charge in [-0.25, -0.2) is 9.37 Å². The van der Waals surface area contributed by atoms with Crippen molar-refractivity contribution in [2.75, 3.05) is 11.9 Å². The topological polar surface area (TPSA) is 46.3 Å². The third kappa shape index (κ3) is 2.49. The van der Waals surface area contributed by atoms with E-state index < -0.39 is 23.1 Å². The van der Waals surface area contributed by atoms with Crippen molar-refractivity contribution in [1.29, 1.82) is 0 Å². The van der Waals surface area contributed by atoms with Crippen LogP contribution in [0.15, 0.2) is 30.6 Å². The van der Waals surface area contributed by atoms with Gasteiger partial charge in [-0.05, 0) is 37.5 Å². The summed E-state index contributed by atoms with van der Waals surface area (Å²) in [5.74, 6) is -0.129. The predicted octanol–water partition coefficient (Wildman–Crippen LogP) is 3.72. The maximum atomic E-state index is 14.1. The highest BCUT2D eigenvalue weighted by molar-refractivity contribution is 5.53. The second-order valence-electron chi connectivity index (χ2n) is 6.51. The lowest BCUT2D eigenvalue weighted by atomic mass is 10.0. The Morgan fingerprint density at radius 1 is 1.19 bits per heavy atom. The van der Waals surface area contributed by atoms with Crippen molar-refractivity contribution in [2.45, 2.75) is 31.5 Å². The Morgan fingerprint density at radius 3 is 2.54 bits per heavy atom. The zero-order valence-corrected chi connectivity index (χ0v) is 14.0. The highest BCUT2D eigenvalue weighted by Gasteiger charge is 2.49. The Balaban J connectivity index is 1.77. The molecule has 0 N–H and O–H groups in total. The number of fused-ring (bicyclic) bond motifs is 1. The molecule has 9 heteroatoms. The maximum absolute atomic E-state index is 14.1. The molecule has 1 aromatic carbocycles. The minimum atomic E-state index is -4.71. The van der Waals surface area contributed by atoms with Gasteiger partial charge in [0.25, 0.3) is 5.78 Å². The van der Waals surface area contributed by atoms with Gasteiger partial charge in [0, 0.05) is 18.8 Å². The van der Waals surface area contributed by atoms with Crippen LogP contribution in [0.3, 0.4) is 0 Å². The first-order valence-corrected chi connectivity index (χ1v) is 8.01. The van der Waals surface area contributed by atoms with Crippen molar-refractivity contribution < 1.29 is 17.6 Å². The van der Waals surface area contributed by atoms with Gasteiger partial charge in [0.05, 0.1) is 11.1 Å². The minimum Gasteiger partial charge on any atom is -0.350 e. The fourth-order valence-corrected chi connectivity index (χ4v) is 3.34. The number of aryl methyl sites for hydroxylation is 1. The second-order valence-corrected chi connectivity index (χ2v) is 6.51. The molecule has 1 fully saturated rings. The van der Waals surface area contributed by atoms with Crippen LogP contribution in [0.2, 0.25) is 0 Å². The summed E-state index contributed by atoms with van der Waals surface area (Å²) >= 11 is 0. The van der Waals surface area contributed by atoms with Crippen LogP contribution >= 0.6 is 0 Å². The van der Waals surface area contributed by atoms with E-state index in [1.54, 1.807) is 4.52 Å². The zero-order valence-electron chi connectivity index (χ0n) is 14.0. The normalized spacial score (nSPS) is 16.1. The molecule has 5 nitrogen and oxygen atoms in total. The van der Waals surface area contributed by atoms with Gasteiger partial charge in [0.1, 0.15) is 18.0 Å². The van der Waals surface area contributed by atoms with Gasteiger partial charge in [0.2, 0.25) is 0 Å². The van der Waals surface area contributed by atoms with E-state index in [0.717, 1.165) is 17.8 Å². The fourth-order valence-electron chi connectivity index (χ4n) is 3.34. The fraction of sp³-hybridized carbons (Fsp3) is 0.353. The number of nitrogens with zero attached hydrogens (tertiary/aromatic N) is 5. The lowest BCUT2D eigenvalue weighted by molar-refractivity contribution is -0.140. The van der Waals surface area contributed by atoms with E-state index in [0.29, 0.717) is 30.0 Å². The minimum absolute atomic E-state index is 0.432. The summed E-state index contributed by atoms with van der Waals surface area (Å²) in [6.45, 7) is 1.82. The molecule has 0 aliphatic heterocycles. The van der Waals surface area contributed by atoms with Crippen molar-refractivity contribution in [1.82, 2.24) is 19.6 Å². The van der Waals surface area contributed by atoms with Gasteiger partial charge >= 0.3 is 6.18 Å². The van der Waals surface area contributed by atoms with Gasteiger partial charge in [-0.1, -0.05) is 6.07 Å². The van der Waals surface area contributed by atoms with Crippen LogP contribution in [0.1, 0.15) is 29.7 Å². The molecule has 0 bridgehead atoms. The molecule has 0 unspecified atom stereocenters. The molecule has 1 aliphatic rings. The maximum Gasteiger partial charge on any atom is 0.419 e. The molecule has 0 atom stereocenters. The Hall–Kier alpha value is -2.71. The molecule has 0 saturated heterocycles. The molecule has 2 heterocycles. The van der Waals surface area contributed by atoms with Gasteiger partial charge in [0.15, 0.2) is 0 Å². The number of alkyl halides is 3. The Bertz CT molecular complexity index is 990. The lowest BCUT2D eigenvalue weighted by Gasteiger charge is -2.31. The largest absolute Gasteiger partial charge is 0.419 e. The van der Waals surface area contributed by atoms with Gasteiger partial charge in [-0.3, -0.25) is 0 Å². The SMILES string of the molecule is Cc1cc(N(C)C2(c3ccc(C(F)(F)F)c(F)c3)CC2)n2ncnc2n1. The van der Waals surface area contributed by atoms with E-state index in [-0.39, 0.29) is 0 Å². The quantitative estimate of drug-likeness (QED) is 0.664. The molecule has 136 valence electrons. The summed E-state index contributed by atoms with van der Waals surface area (Å²) in [5.41, 5.74) is -0.578. The third-order valence-electron chi connectivity index (χ3n) is 4.88. The number of rotatable bonds is 3. The Kier molecular flexibility index (Phi) is 3.47. The molecular formula is C17H15F4N5. The summed E-state index contributed by atoms with van der Waals surface area (Å²) in [5, 5.41) is 4.16. The molecule has 26 heavy (non-hydrogen) atoms. The first kappa shape index (κ1) is 16.7. The average Bonchev–Trinajstić information content (AvgIpc) is 3.24. The van der Waals surface area contributed by atoms with E-state index >= 15 is 0 Å². The van der Waals surface area contributed by atoms with Crippen LogP contribution in [0, 0.1) is 12.7 Å². The number of anilines is 1. The van der Waals surface area contributed by atoms with Crippen molar-refractivity contribution in [3.8, 4) is 0 Å². The van der Waals surface area contributed by atoms with Crippen LogP contribution < -0.4 is 4.90 Å². The van der Waals surface area contributed by atoms with E-state index in [1.807, 2.05) is 24.9 Å². The molecule has 3 aromatic rings. The molecule has 1 aliphatic carbocycles. The Labute approximate surface area is 146 Å². The van der Waals surface area contributed by atoms with E-state index in [9.17, 15) is 17.6 Å². The molecule has 0 spiro atoms. The number of benzene rings is 1. The summed E-state index contributed by atoms with van der Waals surface area (Å²) in [6, 6.07) is 4.96. The molecule has 4 rings (SSSR count). The van der Waals surface area contributed by atoms with Crippen LogP contribution in [-0.4, -0.2) is 26.6 Å². The summed E-state index contributed by atoms with van der Waals surface area (Å²) in [7, 11) is 1.82. The van der Waals surface area contributed by atoms with Crippen molar-refractivity contribution in [2.24, 2.45) is 0 Å². The zero-order chi connectivity index (χ0) is 18.7. The first-order chi connectivity index (χ1) is 12.2. The van der Waals surface area contributed by atoms with E-state index in [2.05, 4.69) is 15.1 Å². The van der Waals surface area contributed by atoms with Gasteiger partial charge in [-0.15, -0.1) is 0 Å². The number of hydrogen-bond donors (Lipinski definition) is 0. The highest BCUT2D eigenvalue weighted by atomic mass is 19.4. The van der Waals surface area contributed by atoms with Crippen LogP contribution in [0.5, 0.6) is 0 Å². The smallest absolute Gasteiger partial charge is 0.350 e. The van der Waals surface area contributed by atoms with Crippen molar-refractivity contribution in [3.63, 3.8) is 0 Å². The number of hydrogen-bond acceptors (Lipinski definition) is 4. The summed E-state index contributed by atoms with van der Waals surface area (Å²) in [4.78, 5) is 10.3. The van der Waals surface area contributed by atoms with Crippen LogP contribution in [-0.2, 0) is 11.7 Å². The first-order valence-electron chi connectivity index (χ1n) is 8.01. The van der Waals surface area contributed by atoms with Gasteiger partial charge in [-0.2, -0.15) is 27.8 Å². The third-order valence-corrected chi connectivity index (χ3v) is 4.88. The molecule has 2 aromatic heterocycles. The van der Waals surface area contributed by atoms with Crippen LogP contribution in [0.4, 0.5) is 23.4 Å². The molecular weight excluding hydrogens is 350 g/mol. The second kappa shape index (κ2) is 5.39. The summed E-state index contributed by atoms with van der Waals surface area (Å²) < 4.78 is 54.1. The van der Waals surface area contributed by atoms with Crippen molar-refractivity contribution in [3.05, 3.63) is 53.2 Å². The summed E-state index contributed by atoms with van der Waals surface area (Å²) in [6.07, 6.45) is -1.92. The van der Waals surface area contributed by atoms with Crippen LogP contribution in [0.25, 0.3) is 5.78 Å². The lowest BCUT2D eigenvalue weighted by Crippen LogP contribution is -2.33. The van der Waals surface area contributed by atoms with Gasteiger partial charge < -0.3 is 4.90 Å². The number of aromatic nitrogens is 4. The highest BCUT2D eigenvalue weighted by Crippen LogP contribution is 2.52. The average molecular weight is 365 g/mol. The van der Waals surface area contributed by atoms with Crippen molar-refractivity contribution >= 4 is 11.6 Å². The molecule has 1 saturated carbocycles. The van der Waals surface area contributed by atoms with E-state index in [4.69, 9.17) is 0 Å². The molecule has 0 amide bonds. The monoisotopic (exact) mass is 365 g/mol. The number of halogens is 4.